The number of hydrogen-bond donors (Lipinski definition) is 0. The average Bonchev–Trinajstić information content (AvgIpc) is 2.71. The van der Waals surface area contributed by atoms with Crippen molar-refractivity contribution in [3.8, 4) is 0 Å². The molecule has 0 aromatic heterocycles. The fraction of sp³-hybridized carbons (Fsp3) is 0.385. The molecule has 0 bridgehead atoms. The summed E-state index contributed by atoms with van der Waals surface area (Å²) < 4.78 is 17.5. The highest BCUT2D eigenvalue weighted by Crippen LogP contribution is 2.37. The van der Waals surface area contributed by atoms with Crippen LogP contribution in [0.5, 0.6) is 0 Å². The minimum absolute atomic E-state index is 0.0204. The monoisotopic (exact) mass is 236 g/mol. The number of esters is 1. The zero-order valence-electron chi connectivity index (χ0n) is 9.48. The third-order valence-electron chi connectivity index (χ3n) is 3.18. The smallest absolute Gasteiger partial charge is 0.309 e. The Labute approximate surface area is 98.6 Å². The second-order valence-corrected chi connectivity index (χ2v) is 4.16. The van der Waals surface area contributed by atoms with Crippen LogP contribution in [0.2, 0.25) is 0 Å². The fourth-order valence-electron chi connectivity index (χ4n) is 2.34. The molecule has 0 aliphatic heterocycles. The second-order valence-electron chi connectivity index (χ2n) is 4.16. The van der Waals surface area contributed by atoms with Crippen LogP contribution in [0.4, 0.5) is 4.39 Å². The Morgan fingerprint density at radius 1 is 1.35 bits per heavy atom. The Balaban J connectivity index is 2.30. The van der Waals surface area contributed by atoms with Gasteiger partial charge >= 0.3 is 5.97 Å². The number of rotatable bonds is 2. The lowest BCUT2D eigenvalue weighted by molar-refractivity contribution is -0.146. The number of carbonyl (C=O) groups is 2. The summed E-state index contributed by atoms with van der Waals surface area (Å²) in [6.45, 7) is 0. The number of ketones is 1. The maximum atomic E-state index is 12.8. The predicted octanol–water partition coefficient (Wildman–Crippen LogP) is 2.06. The molecular weight excluding hydrogens is 223 g/mol. The molecule has 2 rings (SSSR count). The van der Waals surface area contributed by atoms with E-state index < -0.39 is 11.8 Å². The van der Waals surface area contributed by atoms with Crippen LogP contribution in [0.3, 0.4) is 0 Å². The van der Waals surface area contributed by atoms with Crippen molar-refractivity contribution in [1.29, 1.82) is 0 Å². The number of hydrogen-bond acceptors (Lipinski definition) is 3. The number of Topliss-reactive ketones (excluding diaryl/α,β-unsaturated/α-hetero) is 1. The van der Waals surface area contributed by atoms with E-state index in [0.717, 1.165) is 0 Å². The molecule has 2 unspecified atom stereocenters. The van der Waals surface area contributed by atoms with Crippen molar-refractivity contribution in [3.05, 3.63) is 35.6 Å². The maximum absolute atomic E-state index is 12.8. The van der Waals surface area contributed by atoms with Crippen molar-refractivity contribution in [2.45, 2.75) is 18.8 Å². The van der Waals surface area contributed by atoms with Gasteiger partial charge in [0.25, 0.3) is 0 Å². The average molecular weight is 236 g/mol. The molecular formula is C13H13FO3. The minimum Gasteiger partial charge on any atom is -0.469 e. The molecule has 1 saturated carbocycles. The van der Waals surface area contributed by atoms with Gasteiger partial charge in [-0.2, -0.15) is 0 Å². The zero-order valence-corrected chi connectivity index (χ0v) is 9.48. The van der Waals surface area contributed by atoms with Gasteiger partial charge in [0, 0.05) is 6.42 Å². The molecule has 0 amide bonds. The molecule has 90 valence electrons. The van der Waals surface area contributed by atoms with Crippen LogP contribution in [0.15, 0.2) is 24.3 Å². The first-order valence-electron chi connectivity index (χ1n) is 5.49. The Bertz CT molecular complexity index is 438. The van der Waals surface area contributed by atoms with Gasteiger partial charge in [-0.15, -0.1) is 0 Å². The van der Waals surface area contributed by atoms with E-state index in [1.807, 2.05) is 0 Å². The van der Waals surface area contributed by atoms with E-state index in [4.69, 9.17) is 4.74 Å². The normalized spacial score (nSPS) is 23.8. The van der Waals surface area contributed by atoms with Gasteiger partial charge in [-0.1, -0.05) is 12.1 Å². The first-order valence-corrected chi connectivity index (χ1v) is 5.49. The lowest BCUT2D eigenvalue weighted by atomic mass is 9.88. The van der Waals surface area contributed by atoms with Crippen molar-refractivity contribution in [1.82, 2.24) is 0 Å². The van der Waals surface area contributed by atoms with E-state index in [2.05, 4.69) is 0 Å². The molecule has 1 aliphatic carbocycles. The molecule has 0 N–H and O–H groups in total. The molecule has 0 spiro atoms. The van der Waals surface area contributed by atoms with Gasteiger partial charge in [-0.25, -0.2) is 4.39 Å². The van der Waals surface area contributed by atoms with Crippen molar-refractivity contribution < 1.29 is 18.7 Å². The Morgan fingerprint density at radius 2 is 2.00 bits per heavy atom. The summed E-state index contributed by atoms with van der Waals surface area (Å²) >= 11 is 0. The van der Waals surface area contributed by atoms with E-state index in [0.29, 0.717) is 18.4 Å². The highest BCUT2D eigenvalue weighted by molar-refractivity contribution is 5.94. The van der Waals surface area contributed by atoms with Crippen LogP contribution in [0.25, 0.3) is 0 Å². The predicted molar refractivity (Wildman–Crippen MR) is 58.9 cm³/mol. The van der Waals surface area contributed by atoms with Crippen molar-refractivity contribution >= 4 is 11.8 Å². The number of methoxy groups -OCH3 is 1. The molecule has 0 radical (unpaired) electrons. The van der Waals surface area contributed by atoms with E-state index >= 15 is 0 Å². The SMILES string of the molecule is COC(=O)C1CCC(=O)C1c1ccc(F)cc1. The summed E-state index contributed by atoms with van der Waals surface area (Å²) in [6.07, 6.45) is 0.884. The van der Waals surface area contributed by atoms with Gasteiger partial charge < -0.3 is 4.74 Å². The molecule has 3 nitrogen and oxygen atoms in total. The largest absolute Gasteiger partial charge is 0.469 e. The third kappa shape index (κ3) is 2.20. The van der Waals surface area contributed by atoms with Crippen LogP contribution in [0.1, 0.15) is 24.3 Å². The quantitative estimate of drug-likeness (QED) is 0.738. The molecule has 17 heavy (non-hydrogen) atoms. The zero-order chi connectivity index (χ0) is 12.4. The number of halogens is 1. The van der Waals surface area contributed by atoms with Crippen molar-refractivity contribution in [2.24, 2.45) is 5.92 Å². The first-order chi connectivity index (χ1) is 8.13. The number of carbonyl (C=O) groups excluding carboxylic acids is 2. The van der Waals surface area contributed by atoms with Crippen molar-refractivity contribution in [2.75, 3.05) is 7.11 Å². The minimum atomic E-state index is -0.483. The van der Waals surface area contributed by atoms with Gasteiger partial charge in [0.2, 0.25) is 0 Å². The van der Waals surface area contributed by atoms with E-state index in [1.54, 1.807) is 12.1 Å². The van der Waals surface area contributed by atoms with Gasteiger partial charge in [-0.3, -0.25) is 9.59 Å². The first kappa shape index (κ1) is 11.8. The summed E-state index contributed by atoms with van der Waals surface area (Å²) in [5, 5.41) is 0. The van der Waals surface area contributed by atoms with E-state index in [9.17, 15) is 14.0 Å². The summed E-state index contributed by atoms with van der Waals surface area (Å²) in [6, 6.07) is 5.71. The topological polar surface area (TPSA) is 43.4 Å². The highest BCUT2D eigenvalue weighted by atomic mass is 19.1. The van der Waals surface area contributed by atoms with Crippen LogP contribution < -0.4 is 0 Å². The molecule has 0 heterocycles. The summed E-state index contributed by atoms with van der Waals surface area (Å²) in [5.41, 5.74) is 0.685. The fourth-order valence-corrected chi connectivity index (χ4v) is 2.34. The Hall–Kier alpha value is -1.71. The van der Waals surface area contributed by atoms with Crippen molar-refractivity contribution in [3.63, 3.8) is 0 Å². The molecule has 0 saturated heterocycles. The third-order valence-corrected chi connectivity index (χ3v) is 3.18. The lowest BCUT2D eigenvalue weighted by Gasteiger charge is -2.16. The molecule has 2 atom stereocenters. The van der Waals surface area contributed by atoms with Crippen LogP contribution >= 0.6 is 0 Å². The van der Waals surface area contributed by atoms with Crippen LogP contribution in [-0.4, -0.2) is 18.9 Å². The van der Waals surface area contributed by atoms with Gasteiger partial charge in [-0.05, 0) is 24.1 Å². The molecule has 1 aliphatic rings. The number of ether oxygens (including phenoxy) is 1. The van der Waals surface area contributed by atoms with E-state index in [-0.39, 0.29) is 17.6 Å². The molecule has 1 fully saturated rings. The van der Waals surface area contributed by atoms with Gasteiger partial charge in [0.05, 0.1) is 18.9 Å². The van der Waals surface area contributed by atoms with Crippen LogP contribution in [-0.2, 0) is 14.3 Å². The summed E-state index contributed by atoms with van der Waals surface area (Å²) in [7, 11) is 1.31. The second kappa shape index (κ2) is 4.65. The van der Waals surface area contributed by atoms with Gasteiger partial charge in [0.15, 0.2) is 0 Å². The lowest BCUT2D eigenvalue weighted by Crippen LogP contribution is -2.22. The standard InChI is InChI=1S/C13H13FO3/c1-17-13(16)10-6-7-11(15)12(10)8-2-4-9(14)5-3-8/h2-5,10,12H,6-7H2,1H3. The van der Waals surface area contributed by atoms with Gasteiger partial charge in [0.1, 0.15) is 11.6 Å². The summed E-state index contributed by atoms with van der Waals surface area (Å²) in [4.78, 5) is 23.4. The van der Waals surface area contributed by atoms with E-state index in [1.165, 1.54) is 19.2 Å². The Morgan fingerprint density at radius 3 is 2.59 bits per heavy atom. The van der Waals surface area contributed by atoms with Crippen LogP contribution in [0, 0.1) is 11.7 Å². The highest BCUT2D eigenvalue weighted by Gasteiger charge is 2.40. The molecule has 1 aromatic rings. The maximum Gasteiger partial charge on any atom is 0.309 e. The Kier molecular flexibility index (Phi) is 3.22. The molecule has 1 aromatic carbocycles. The summed E-state index contributed by atoms with van der Waals surface area (Å²) in [5.74, 6) is -1.62. The number of benzene rings is 1. The molecule has 4 heteroatoms.